The van der Waals surface area contributed by atoms with Crippen LogP contribution in [-0.4, -0.2) is 35.4 Å². The molecule has 0 aliphatic carbocycles. The van der Waals surface area contributed by atoms with Crippen LogP contribution in [0.3, 0.4) is 0 Å². The Bertz CT molecular complexity index is 1860. The van der Waals surface area contributed by atoms with E-state index >= 15 is 0 Å². The summed E-state index contributed by atoms with van der Waals surface area (Å²) in [4.78, 5) is 31.4. The second-order valence-corrected chi connectivity index (χ2v) is 9.64. The number of rotatable bonds is 4. The summed E-state index contributed by atoms with van der Waals surface area (Å²) in [5.74, 6) is -0.803. The average Bonchev–Trinajstić information content (AvgIpc) is 3.47. The molecule has 2 aromatic carbocycles. The van der Waals surface area contributed by atoms with Gasteiger partial charge in [-0.15, -0.1) is 0 Å². The number of hydrogen-bond acceptors (Lipinski definition) is 8. The minimum Gasteiger partial charge on any atom is -0.507 e. The number of carbonyl (C=O) groups is 1. The van der Waals surface area contributed by atoms with Crippen LogP contribution in [0.2, 0.25) is 5.02 Å². The Morgan fingerprint density at radius 3 is 2.82 bits per heavy atom. The van der Waals surface area contributed by atoms with E-state index in [2.05, 4.69) is 20.3 Å². The van der Waals surface area contributed by atoms with Gasteiger partial charge >= 0.3 is 0 Å². The van der Waals surface area contributed by atoms with E-state index in [-0.39, 0.29) is 39.6 Å². The van der Waals surface area contributed by atoms with Gasteiger partial charge in [0.05, 0.1) is 16.3 Å². The number of benzene rings is 2. The maximum absolute atomic E-state index is 13.8. The van der Waals surface area contributed by atoms with Gasteiger partial charge in [0.25, 0.3) is 0 Å². The second kappa shape index (κ2) is 8.75. The summed E-state index contributed by atoms with van der Waals surface area (Å²) in [6.07, 6.45) is 5.36. The lowest BCUT2D eigenvalue weighted by molar-refractivity contribution is -0.119. The third-order valence-electron chi connectivity index (χ3n) is 6.81. The number of imidazole rings is 1. The van der Waals surface area contributed by atoms with Crippen LogP contribution < -0.4 is 11.1 Å². The van der Waals surface area contributed by atoms with Gasteiger partial charge in [0.1, 0.15) is 45.9 Å². The predicted molar refractivity (Wildman–Crippen MR) is 141 cm³/mol. The number of hydrogen-bond donors (Lipinski definition) is 3. The van der Waals surface area contributed by atoms with Crippen molar-refractivity contribution in [3.8, 4) is 23.3 Å². The summed E-state index contributed by atoms with van der Waals surface area (Å²) in [6, 6.07) is 10.8. The van der Waals surface area contributed by atoms with Crippen molar-refractivity contribution in [2.75, 3.05) is 11.1 Å². The van der Waals surface area contributed by atoms with Crippen molar-refractivity contribution in [1.29, 1.82) is 5.26 Å². The molecule has 3 aromatic heterocycles. The van der Waals surface area contributed by atoms with Crippen molar-refractivity contribution in [2.45, 2.75) is 18.8 Å². The molecular weight excluding hydrogens is 523 g/mol. The highest BCUT2D eigenvalue weighted by Gasteiger charge is 2.48. The highest BCUT2D eigenvalue weighted by molar-refractivity contribution is 6.32. The summed E-state index contributed by atoms with van der Waals surface area (Å²) in [6.45, 7) is 1.61. The Hall–Kier alpha value is -5.08. The molecule has 0 radical (unpaired) electrons. The molecule has 1 unspecified atom stereocenters. The molecule has 1 atom stereocenters. The van der Waals surface area contributed by atoms with Gasteiger partial charge in [0.15, 0.2) is 11.5 Å². The lowest BCUT2D eigenvalue weighted by atomic mass is 9.77. The van der Waals surface area contributed by atoms with E-state index in [0.29, 0.717) is 40.1 Å². The second-order valence-electron chi connectivity index (χ2n) is 9.24. The van der Waals surface area contributed by atoms with Crippen LogP contribution in [0.15, 0.2) is 55.0 Å². The number of nitrogens with zero attached hydrogens (tertiary/aromatic N) is 6. The molecule has 4 heterocycles. The van der Waals surface area contributed by atoms with E-state index in [4.69, 9.17) is 22.3 Å². The highest BCUT2D eigenvalue weighted by Crippen LogP contribution is 2.46. The summed E-state index contributed by atoms with van der Waals surface area (Å²) < 4.78 is 15.6. The van der Waals surface area contributed by atoms with Crippen molar-refractivity contribution >= 4 is 34.8 Å². The third kappa shape index (κ3) is 3.81. The normalized spacial score (nSPS) is 16.2. The lowest BCUT2D eigenvalue weighted by Gasteiger charge is -2.24. The number of nitrogens with two attached hydrogens (primary N) is 1. The van der Waals surface area contributed by atoms with Crippen LogP contribution in [0.4, 0.5) is 16.0 Å². The molecule has 4 N–H and O–H groups in total. The largest absolute Gasteiger partial charge is 0.507 e. The Morgan fingerprint density at radius 2 is 2.08 bits per heavy atom. The first kappa shape index (κ1) is 24.3. The number of carbonyl (C=O) groups excluding carboxylic acids is 1. The zero-order valence-electron chi connectivity index (χ0n) is 20.3. The molecule has 1 amide bonds. The molecule has 0 saturated carbocycles. The molecule has 0 bridgehead atoms. The van der Waals surface area contributed by atoms with Crippen molar-refractivity contribution < 1.29 is 14.3 Å². The number of fused-ring (bicyclic) bond motifs is 2. The van der Waals surface area contributed by atoms with Gasteiger partial charge in [-0.3, -0.25) is 4.79 Å². The molecular formula is C27H18ClFN8O2. The fourth-order valence-electron chi connectivity index (χ4n) is 4.85. The summed E-state index contributed by atoms with van der Waals surface area (Å²) >= 11 is 6.20. The third-order valence-corrected chi connectivity index (χ3v) is 7.11. The Labute approximate surface area is 225 Å². The first-order valence-corrected chi connectivity index (χ1v) is 12.1. The topological polar surface area (TPSA) is 155 Å². The number of aromatic nitrogens is 5. The molecule has 6 rings (SSSR count). The van der Waals surface area contributed by atoms with Crippen LogP contribution in [0, 0.1) is 17.1 Å². The van der Waals surface area contributed by atoms with E-state index in [1.165, 1.54) is 24.3 Å². The maximum Gasteiger partial charge on any atom is 0.240 e. The monoisotopic (exact) mass is 540 g/mol. The molecule has 1 aliphatic heterocycles. The average molecular weight is 541 g/mol. The number of nitriles is 1. The molecule has 0 spiro atoms. The first-order valence-electron chi connectivity index (χ1n) is 11.7. The molecule has 1 aliphatic rings. The fraction of sp³-hybridized carbons (Fsp3) is 0.111. The van der Waals surface area contributed by atoms with Gasteiger partial charge in [-0.05, 0) is 42.3 Å². The van der Waals surface area contributed by atoms with Crippen LogP contribution in [-0.2, 0) is 16.6 Å². The standard InChI is InChI=1S/C27H18ClFN8O2/c1-27(14-9-17(28)16(11-30)20(38)10-14)21-22(31)34-23(35-24(21)36-26(27)39)19-12-37-6-5-32-25(37)18(33-19)8-13-3-2-4-15(29)7-13/h2-7,9-10,12,38H,8H2,1H3,(H3,31,34,35,36,39). The molecule has 12 heteroatoms. The van der Waals surface area contributed by atoms with Crippen molar-refractivity contribution in [1.82, 2.24) is 24.3 Å². The van der Waals surface area contributed by atoms with E-state index in [9.17, 15) is 19.6 Å². The number of amides is 1. The number of anilines is 2. The van der Waals surface area contributed by atoms with Crippen LogP contribution in [0.1, 0.15) is 34.9 Å². The molecule has 192 valence electrons. The van der Waals surface area contributed by atoms with Gasteiger partial charge < -0.3 is 20.6 Å². The number of nitrogen functional groups attached to an aromatic ring is 1. The Morgan fingerprint density at radius 1 is 1.26 bits per heavy atom. The van der Waals surface area contributed by atoms with Crippen molar-refractivity contribution in [3.63, 3.8) is 0 Å². The Balaban J connectivity index is 1.46. The molecule has 5 aromatic rings. The summed E-state index contributed by atoms with van der Waals surface area (Å²) in [5, 5.41) is 22.3. The smallest absolute Gasteiger partial charge is 0.240 e. The van der Waals surface area contributed by atoms with E-state index in [1.54, 1.807) is 42.0 Å². The number of nitrogens with one attached hydrogen (secondary N) is 1. The maximum atomic E-state index is 13.8. The number of phenols is 1. The van der Waals surface area contributed by atoms with Crippen molar-refractivity contribution in [2.24, 2.45) is 0 Å². The number of aromatic hydroxyl groups is 1. The van der Waals surface area contributed by atoms with E-state index in [1.807, 2.05) is 6.07 Å². The molecule has 10 nitrogen and oxygen atoms in total. The zero-order chi connectivity index (χ0) is 27.5. The van der Waals surface area contributed by atoms with Gasteiger partial charge in [0, 0.05) is 25.0 Å². The summed E-state index contributed by atoms with van der Waals surface area (Å²) in [5.41, 5.74) is 7.78. The fourth-order valence-corrected chi connectivity index (χ4v) is 5.11. The minimum absolute atomic E-state index is 0.00486. The number of phenolic OH excluding ortho intramolecular Hbond substituents is 1. The van der Waals surface area contributed by atoms with Crippen LogP contribution >= 0.6 is 11.6 Å². The predicted octanol–water partition coefficient (Wildman–Crippen LogP) is 3.99. The highest BCUT2D eigenvalue weighted by atomic mass is 35.5. The van der Waals surface area contributed by atoms with Crippen molar-refractivity contribution in [3.05, 3.63) is 93.8 Å². The van der Waals surface area contributed by atoms with Gasteiger partial charge in [-0.2, -0.15) is 5.26 Å². The van der Waals surface area contributed by atoms with E-state index in [0.717, 1.165) is 0 Å². The molecule has 39 heavy (non-hydrogen) atoms. The van der Waals surface area contributed by atoms with E-state index < -0.39 is 11.3 Å². The molecule has 0 fully saturated rings. The van der Waals surface area contributed by atoms with Crippen LogP contribution in [0.25, 0.3) is 17.2 Å². The minimum atomic E-state index is -1.39. The lowest BCUT2D eigenvalue weighted by Crippen LogP contribution is -2.33. The molecule has 0 saturated heterocycles. The quantitative estimate of drug-likeness (QED) is 0.309. The Kier molecular flexibility index (Phi) is 5.44. The van der Waals surface area contributed by atoms with Gasteiger partial charge in [0.2, 0.25) is 5.91 Å². The van der Waals surface area contributed by atoms with Crippen LogP contribution in [0.5, 0.6) is 5.75 Å². The summed E-state index contributed by atoms with van der Waals surface area (Å²) in [7, 11) is 0. The SMILES string of the molecule is CC1(c2cc(O)c(C#N)c(Cl)c2)C(=O)Nc2nc(-c3cn4ccnc4c(Cc4cccc(F)c4)n3)nc(N)c21. The zero-order valence-corrected chi connectivity index (χ0v) is 21.0. The first-order chi connectivity index (χ1) is 18.7. The number of halogens is 2. The van der Waals surface area contributed by atoms with Gasteiger partial charge in [-0.1, -0.05) is 23.7 Å². The van der Waals surface area contributed by atoms with Gasteiger partial charge in [-0.25, -0.2) is 24.3 Å².